The lowest BCUT2D eigenvalue weighted by molar-refractivity contribution is -0.254. The van der Waals surface area contributed by atoms with Gasteiger partial charge in [-0.05, 0) is 53.9 Å². The number of hydrogen-bond donors (Lipinski definition) is 2. The number of nitrogens with one attached hydrogen (secondary N) is 1. The van der Waals surface area contributed by atoms with E-state index in [0.29, 0.717) is 13.0 Å². The summed E-state index contributed by atoms with van der Waals surface area (Å²) in [6.07, 6.45) is 0.535. The number of benzene rings is 2. The molecule has 1 atom stereocenters. The molecule has 1 unspecified atom stereocenters. The molecule has 0 aromatic heterocycles. The molecule has 6 heteroatoms. The predicted octanol–water partition coefficient (Wildman–Crippen LogP) is 2.03. The summed E-state index contributed by atoms with van der Waals surface area (Å²) in [6, 6.07) is 15.5. The molecule has 2 aromatic carbocycles. The molecule has 5 nitrogen and oxygen atoms in total. The minimum absolute atomic E-state index is 0.214. The van der Waals surface area contributed by atoms with Crippen molar-refractivity contribution >= 4 is 28.6 Å². The highest BCUT2D eigenvalue weighted by Gasteiger charge is 2.31. The van der Waals surface area contributed by atoms with Crippen LogP contribution in [0.5, 0.6) is 5.75 Å². The van der Waals surface area contributed by atoms with Crippen molar-refractivity contribution in [1.29, 1.82) is 0 Å². The molecular formula is C17H17N2O3S+. The number of ether oxygens (including phenoxy) is 1. The van der Waals surface area contributed by atoms with Crippen molar-refractivity contribution in [1.82, 2.24) is 5.32 Å². The molecule has 1 fully saturated rings. The zero-order valence-electron chi connectivity index (χ0n) is 12.5. The number of carbonyl (C=O) groups excluding carboxylic acids is 2. The first-order chi connectivity index (χ1) is 11.1. The second-order valence-corrected chi connectivity index (χ2v) is 6.51. The number of quaternary nitrogens is 1. The first-order valence-corrected chi connectivity index (χ1v) is 8.12. The third-order valence-corrected chi connectivity index (χ3v) is 4.52. The average molecular weight is 329 g/mol. The summed E-state index contributed by atoms with van der Waals surface area (Å²) in [7, 11) is 0. The summed E-state index contributed by atoms with van der Waals surface area (Å²) in [5.74, 6) is 0.557. The molecule has 0 spiro atoms. The van der Waals surface area contributed by atoms with Crippen LogP contribution < -0.4 is 15.8 Å². The first-order valence-electron chi connectivity index (χ1n) is 7.24. The van der Waals surface area contributed by atoms with E-state index in [1.807, 2.05) is 48.5 Å². The fourth-order valence-electron chi connectivity index (χ4n) is 2.27. The largest absolute Gasteiger partial charge is 0.489 e. The molecule has 2 aromatic rings. The highest BCUT2D eigenvalue weighted by Crippen LogP contribution is 2.24. The Morgan fingerprint density at radius 3 is 2.26 bits per heavy atom. The van der Waals surface area contributed by atoms with Crippen molar-refractivity contribution in [2.75, 3.05) is 0 Å². The highest BCUT2D eigenvalue weighted by atomic mass is 32.2. The van der Waals surface area contributed by atoms with Crippen molar-refractivity contribution in [2.45, 2.75) is 18.3 Å². The van der Waals surface area contributed by atoms with Gasteiger partial charge in [0.2, 0.25) is 5.91 Å². The molecule has 0 radical (unpaired) electrons. The summed E-state index contributed by atoms with van der Waals surface area (Å²) in [4.78, 5) is 22.7. The maximum Gasteiger partial charge on any atom is 0.286 e. The summed E-state index contributed by atoms with van der Waals surface area (Å²) < 4.78 is 5.74. The molecule has 23 heavy (non-hydrogen) atoms. The normalized spacial score (nSPS) is 17.2. The zero-order valence-corrected chi connectivity index (χ0v) is 13.3. The molecule has 1 aliphatic rings. The van der Waals surface area contributed by atoms with Crippen LogP contribution in [0.3, 0.4) is 0 Å². The quantitative estimate of drug-likeness (QED) is 0.879. The fraction of sp³-hybridized carbons (Fsp3) is 0.176. The third-order valence-electron chi connectivity index (χ3n) is 3.54. The van der Waals surface area contributed by atoms with E-state index >= 15 is 0 Å². The van der Waals surface area contributed by atoms with Gasteiger partial charge in [0, 0.05) is 0 Å². The summed E-state index contributed by atoms with van der Waals surface area (Å²) >= 11 is 1.05. The van der Waals surface area contributed by atoms with Crippen LogP contribution in [-0.2, 0) is 17.8 Å². The van der Waals surface area contributed by atoms with E-state index in [1.165, 1.54) is 0 Å². The van der Waals surface area contributed by atoms with E-state index in [9.17, 15) is 9.59 Å². The van der Waals surface area contributed by atoms with Gasteiger partial charge in [0.05, 0.1) is 5.25 Å². The van der Waals surface area contributed by atoms with Gasteiger partial charge in [-0.2, -0.15) is 0 Å². The van der Waals surface area contributed by atoms with Gasteiger partial charge in [0.25, 0.3) is 5.24 Å². The van der Waals surface area contributed by atoms with Crippen LogP contribution in [0.4, 0.5) is 10.5 Å². The molecule has 2 amide bonds. The van der Waals surface area contributed by atoms with Crippen LogP contribution in [0.25, 0.3) is 0 Å². The molecule has 3 rings (SSSR count). The lowest BCUT2D eigenvalue weighted by atomic mass is 10.1. The molecule has 4 N–H and O–H groups in total. The Balaban J connectivity index is 1.55. The SMILES string of the molecule is [NH3+]c1ccc(COc2ccc(CC3SC(=O)NC3=O)cc2)cc1. The van der Waals surface area contributed by atoms with E-state index in [-0.39, 0.29) is 16.4 Å². The average Bonchev–Trinajstić information content (AvgIpc) is 2.86. The van der Waals surface area contributed by atoms with E-state index < -0.39 is 0 Å². The summed E-state index contributed by atoms with van der Waals surface area (Å²) in [6.45, 7) is 0.495. The van der Waals surface area contributed by atoms with Crippen LogP contribution >= 0.6 is 11.8 Å². The van der Waals surface area contributed by atoms with Gasteiger partial charge in [-0.3, -0.25) is 14.9 Å². The summed E-state index contributed by atoms with van der Waals surface area (Å²) in [5, 5.41) is 1.69. The number of thioether (sulfide) groups is 1. The zero-order chi connectivity index (χ0) is 16.2. The fourth-order valence-corrected chi connectivity index (χ4v) is 3.13. The van der Waals surface area contributed by atoms with Crippen LogP contribution in [0.2, 0.25) is 0 Å². The second kappa shape index (κ2) is 6.85. The van der Waals surface area contributed by atoms with E-state index in [4.69, 9.17) is 4.74 Å². The Bertz CT molecular complexity index is 714. The van der Waals surface area contributed by atoms with E-state index in [2.05, 4.69) is 11.1 Å². The lowest BCUT2D eigenvalue weighted by Crippen LogP contribution is -2.39. The van der Waals surface area contributed by atoms with E-state index in [1.54, 1.807) is 0 Å². The van der Waals surface area contributed by atoms with Crippen molar-refractivity contribution < 1.29 is 20.1 Å². The van der Waals surface area contributed by atoms with Gasteiger partial charge in [-0.1, -0.05) is 23.9 Å². The molecule has 118 valence electrons. The number of hydrogen-bond acceptors (Lipinski definition) is 4. The molecule has 1 aliphatic heterocycles. The van der Waals surface area contributed by atoms with Gasteiger partial charge < -0.3 is 10.5 Å². The lowest BCUT2D eigenvalue weighted by Gasteiger charge is -2.08. The van der Waals surface area contributed by atoms with Crippen LogP contribution in [0, 0.1) is 0 Å². The number of rotatable bonds is 5. The Kier molecular flexibility index (Phi) is 4.64. The van der Waals surface area contributed by atoms with Crippen molar-refractivity contribution in [3.63, 3.8) is 0 Å². The highest BCUT2D eigenvalue weighted by molar-refractivity contribution is 8.15. The van der Waals surface area contributed by atoms with Gasteiger partial charge in [-0.15, -0.1) is 0 Å². The maximum absolute atomic E-state index is 11.6. The van der Waals surface area contributed by atoms with Gasteiger partial charge in [0.15, 0.2) is 0 Å². The smallest absolute Gasteiger partial charge is 0.286 e. The molecule has 1 saturated heterocycles. The number of imide groups is 1. The van der Waals surface area contributed by atoms with Crippen LogP contribution in [0.1, 0.15) is 11.1 Å². The molecule has 0 bridgehead atoms. The summed E-state index contributed by atoms with van der Waals surface area (Å²) in [5.41, 5.74) is 6.91. The van der Waals surface area contributed by atoms with Crippen LogP contribution in [-0.4, -0.2) is 16.4 Å². The topological polar surface area (TPSA) is 83.0 Å². The van der Waals surface area contributed by atoms with Crippen molar-refractivity contribution in [3.8, 4) is 5.75 Å². The molecule has 0 saturated carbocycles. The Hall–Kier alpha value is -2.31. The first kappa shape index (κ1) is 15.6. The second-order valence-electron chi connectivity index (χ2n) is 5.34. The van der Waals surface area contributed by atoms with Crippen molar-refractivity contribution in [2.24, 2.45) is 0 Å². The number of amides is 2. The van der Waals surface area contributed by atoms with Gasteiger partial charge >= 0.3 is 0 Å². The Morgan fingerprint density at radius 2 is 1.65 bits per heavy atom. The van der Waals surface area contributed by atoms with Gasteiger partial charge in [-0.25, -0.2) is 0 Å². The van der Waals surface area contributed by atoms with Crippen LogP contribution in [0.15, 0.2) is 48.5 Å². The number of carbonyl (C=O) groups is 2. The maximum atomic E-state index is 11.6. The van der Waals surface area contributed by atoms with Crippen molar-refractivity contribution in [3.05, 3.63) is 59.7 Å². The minimum atomic E-state index is -0.338. The third kappa shape index (κ3) is 4.12. The Labute approximate surface area is 138 Å². The standard InChI is InChI=1S/C17H16N2O3S/c18-13-5-1-12(2-6-13)10-22-14-7-3-11(4-8-14)9-15-16(20)19-17(21)23-15/h1-8,15H,9-10,18H2,(H,19,20,21)/p+1. The minimum Gasteiger partial charge on any atom is -0.489 e. The van der Waals surface area contributed by atoms with Gasteiger partial charge in [0.1, 0.15) is 18.0 Å². The predicted molar refractivity (Wildman–Crippen MR) is 88.4 cm³/mol. The monoisotopic (exact) mass is 329 g/mol. The molecule has 0 aliphatic carbocycles. The Morgan fingerprint density at radius 1 is 1.00 bits per heavy atom. The molecule has 1 heterocycles. The molecular weight excluding hydrogens is 312 g/mol. The van der Waals surface area contributed by atoms with E-state index in [0.717, 1.165) is 34.3 Å².